The number of esters is 1. The Morgan fingerprint density at radius 1 is 1.14 bits per heavy atom. The number of aryl methyl sites for hydroxylation is 1. The Morgan fingerprint density at radius 3 is 2.59 bits per heavy atom. The molecule has 0 saturated heterocycles. The second-order valence-electron chi connectivity index (χ2n) is 6.21. The third-order valence-electron chi connectivity index (χ3n) is 4.06. The van der Waals surface area contributed by atoms with Gasteiger partial charge in [0.15, 0.2) is 0 Å². The maximum atomic E-state index is 12.5. The van der Waals surface area contributed by atoms with E-state index in [0.717, 1.165) is 11.3 Å². The number of nitrogens with one attached hydrogen (secondary N) is 1. The van der Waals surface area contributed by atoms with E-state index < -0.39 is 17.9 Å². The molecule has 1 atom stereocenters. The third kappa shape index (κ3) is 7.46. The van der Waals surface area contributed by atoms with Crippen LogP contribution < -0.4 is 10.1 Å². The van der Waals surface area contributed by atoms with Crippen LogP contribution in [0.1, 0.15) is 22.3 Å². The zero-order valence-electron chi connectivity index (χ0n) is 16.2. The van der Waals surface area contributed by atoms with Crippen molar-refractivity contribution in [3.05, 3.63) is 63.6 Å². The van der Waals surface area contributed by atoms with Crippen LogP contribution >= 0.6 is 35.0 Å². The highest BCUT2D eigenvalue weighted by atomic mass is 35.5. The first-order valence-electron chi connectivity index (χ1n) is 9.02. The summed E-state index contributed by atoms with van der Waals surface area (Å²) >= 11 is 13.5. The van der Waals surface area contributed by atoms with Crippen molar-refractivity contribution in [1.29, 1.82) is 0 Å². The van der Waals surface area contributed by atoms with Gasteiger partial charge < -0.3 is 14.8 Å². The standard InChI is InChI=1S/C21H23Cl2NO4S/c1-14-5-3-4-6-19(14)27-10-11-28-21(26)18(9-12-29-2)24-20(25)16-8-7-15(22)13-17(16)23/h3-8,13,18H,9-12H2,1-2H3,(H,24,25). The van der Waals surface area contributed by atoms with E-state index in [1.807, 2.05) is 37.4 Å². The van der Waals surface area contributed by atoms with Crippen LogP contribution in [0, 0.1) is 6.92 Å². The van der Waals surface area contributed by atoms with Crippen molar-refractivity contribution in [3.8, 4) is 5.75 Å². The van der Waals surface area contributed by atoms with Gasteiger partial charge in [0, 0.05) is 5.02 Å². The molecule has 5 nitrogen and oxygen atoms in total. The summed E-state index contributed by atoms with van der Waals surface area (Å²) in [5, 5.41) is 3.35. The van der Waals surface area contributed by atoms with E-state index in [0.29, 0.717) is 17.2 Å². The lowest BCUT2D eigenvalue weighted by Crippen LogP contribution is -2.42. The molecule has 2 aromatic rings. The van der Waals surface area contributed by atoms with Crippen LogP contribution in [0.5, 0.6) is 5.75 Å². The maximum absolute atomic E-state index is 12.5. The van der Waals surface area contributed by atoms with E-state index >= 15 is 0 Å². The molecule has 1 unspecified atom stereocenters. The Morgan fingerprint density at radius 2 is 1.90 bits per heavy atom. The van der Waals surface area contributed by atoms with Crippen molar-refractivity contribution in [2.45, 2.75) is 19.4 Å². The molecule has 0 fully saturated rings. The third-order valence-corrected chi connectivity index (χ3v) is 5.25. The average Bonchev–Trinajstić information content (AvgIpc) is 2.69. The lowest BCUT2D eigenvalue weighted by atomic mass is 10.1. The van der Waals surface area contributed by atoms with Crippen LogP contribution in [0.25, 0.3) is 0 Å². The van der Waals surface area contributed by atoms with Crippen molar-refractivity contribution in [1.82, 2.24) is 5.32 Å². The summed E-state index contributed by atoms with van der Waals surface area (Å²) in [5.41, 5.74) is 1.25. The number of benzene rings is 2. The van der Waals surface area contributed by atoms with Crippen LogP contribution in [0.15, 0.2) is 42.5 Å². The molecule has 0 aliphatic carbocycles. The number of amides is 1. The summed E-state index contributed by atoms with van der Waals surface area (Å²) in [4.78, 5) is 25.0. The molecule has 8 heteroatoms. The fourth-order valence-corrected chi connectivity index (χ4v) is 3.47. The fraction of sp³-hybridized carbons (Fsp3) is 0.333. The van der Waals surface area contributed by atoms with E-state index in [9.17, 15) is 9.59 Å². The molecule has 0 spiro atoms. The Kier molecular flexibility index (Phi) is 9.64. The van der Waals surface area contributed by atoms with Gasteiger partial charge in [0.2, 0.25) is 0 Å². The summed E-state index contributed by atoms with van der Waals surface area (Å²) in [7, 11) is 0. The Hall–Kier alpha value is -1.89. The molecule has 0 aliphatic heterocycles. The predicted molar refractivity (Wildman–Crippen MR) is 118 cm³/mol. The lowest BCUT2D eigenvalue weighted by Gasteiger charge is -2.18. The van der Waals surface area contributed by atoms with Gasteiger partial charge >= 0.3 is 5.97 Å². The highest BCUT2D eigenvalue weighted by Gasteiger charge is 2.23. The minimum atomic E-state index is -0.778. The summed E-state index contributed by atoms with van der Waals surface area (Å²) in [5.74, 6) is 0.471. The molecule has 156 valence electrons. The van der Waals surface area contributed by atoms with Gasteiger partial charge in [-0.15, -0.1) is 0 Å². The summed E-state index contributed by atoms with van der Waals surface area (Å²) in [6.07, 6.45) is 2.37. The number of thioether (sulfide) groups is 1. The van der Waals surface area contributed by atoms with Gasteiger partial charge in [-0.2, -0.15) is 11.8 Å². The van der Waals surface area contributed by atoms with Gasteiger partial charge in [0.05, 0.1) is 10.6 Å². The number of carbonyl (C=O) groups excluding carboxylic acids is 2. The molecule has 29 heavy (non-hydrogen) atoms. The Balaban J connectivity index is 1.91. The minimum absolute atomic E-state index is 0.0838. The fourth-order valence-electron chi connectivity index (χ4n) is 2.51. The van der Waals surface area contributed by atoms with E-state index in [1.54, 1.807) is 17.8 Å². The molecule has 0 heterocycles. The molecule has 0 radical (unpaired) electrons. The Labute approximate surface area is 185 Å². The molecule has 0 aliphatic rings. The first-order chi connectivity index (χ1) is 13.9. The molecule has 2 rings (SSSR count). The summed E-state index contributed by atoms with van der Waals surface area (Å²) in [6, 6.07) is 11.4. The molecule has 2 aromatic carbocycles. The second-order valence-corrected chi connectivity index (χ2v) is 8.04. The summed E-state index contributed by atoms with van der Waals surface area (Å²) in [6.45, 7) is 2.25. The zero-order valence-corrected chi connectivity index (χ0v) is 18.6. The number of para-hydroxylation sites is 1. The number of hydrogen-bond acceptors (Lipinski definition) is 5. The van der Waals surface area contributed by atoms with Gasteiger partial charge in [-0.05, 0) is 55.2 Å². The van der Waals surface area contributed by atoms with Gasteiger partial charge in [-0.25, -0.2) is 4.79 Å². The largest absolute Gasteiger partial charge is 0.490 e. The molecule has 1 N–H and O–H groups in total. The van der Waals surface area contributed by atoms with E-state index in [2.05, 4.69) is 5.32 Å². The lowest BCUT2D eigenvalue weighted by molar-refractivity contribution is -0.146. The molecule has 0 bridgehead atoms. The first kappa shape index (κ1) is 23.4. The van der Waals surface area contributed by atoms with E-state index in [4.69, 9.17) is 32.7 Å². The van der Waals surface area contributed by atoms with Crippen molar-refractivity contribution in [3.63, 3.8) is 0 Å². The normalized spacial score (nSPS) is 11.6. The number of ether oxygens (including phenoxy) is 2. The van der Waals surface area contributed by atoms with E-state index in [1.165, 1.54) is 12.1 Å². The number of rotatable bonds is 10. The molecule has 0 aromatic heterocycles. The average molecular weight is 456 g/mol. The second kappa shape index (κ2) is 12.0. The van der Waals surface area contributed by atoms with Crippen molar-refractivity contribution in [2.24, 2.45) is 0 Å². The van der Waals surface area contributed by atoms with E-state index in [-0.39, 0.29) is 23.8 Å². The first-order valence-corrected chi connectivity index (χ1v) is 11.2. The van der Waals surface area contributed by atoms with Crippen LogP contribution in [0.3, 0.4) is 0 Å². The molecule has 0 saturated carbocycles. The number of halogens is 2. The van der Waals surface area contributed by atoms with Crippen LogP contribution in [0.4, 0.5) is 0 Å². The van der Waals surface area contributed by atoms with Gasteiger partial charge in [0.1, 0.15) is 25.0 Å². The van der Waals surface area contributed by atoms with Crippen LogP contribution in [-0.2, 0) is 9.53 Å². The SMILES string of the molecule is CSCCC(NC(=O)c1ccc(Cl)cc1Cl)C(=O)OCCOc1ccccc1C. The minimum Gasteiger partial charge on any atom is -0.490 e. The molecular formula is C21H23Cl2NO4S. The van der Waals surface area contributed by atoms with Gasteiger partial charge in [-0.1, -0.05) is 41.4 Å². The Bertz CT molecular complexity index is 847. The van der Waals surface area contributed by atoms with Crippen molar-refractivity contribution < 1.29 is 19.1 Å². The van der Waals surface area contributed by atoms with Crippen molar-refractivity contribution >= 4 is 46.8 Å². The van der Waals surface area contributed by atoms with Gasteiger partial charge in [-0.3, -0.25) is 4.79 Å². The number of hydrogen-bond donors (Lipinski definition) is 1. The predicted octanol–water partition coefficient (Wildman–Crippen LogP) is 4.78. The zero-order chi connectivity index (χ0) is 21.2. The molecular weight excluding hydrogens is 433 g/mol. The highest BCUT2D eigenvalue weighted by Crippen LogP contribution is 2.21. The number of carbonyl (C=O) groups is 2. The topological polar surface area (TPSA) is 64.6 Å². The van der Waals surface area contributed by atoms with Crippen molar-refractivity contribution in [2.75, 3.05) is 25.2 Å². The smallest absolute Gasteiger partial charge is 0.328 e. The highest BCUT2D eigenvalue weighted by molar-refractivity contribution is 7.98. The van der Waals surface area contributed by atoms with Crippen LogP contribution in [0.2, 0.25) is 10.0 Å². The maximum Gasteiger partial charge on any atom is 0.328 e. The quantitative estimate of drug-likeness (QED) is 0.412. The summed E-state index contributed by atoms with van der Waals surface area (Å²) < 4.78 is 10.9. The van der Waals surface area contributed by atoms with Crippen LogP contribution in [-0.4, -0.2) is 43.1 Å². The van der Waals surface area contributed by atoms with Gasteiger partial charge in [0.25, 0.3) is 5.91 Å². The monoisotopic (exact) mass is 455 g/mol. The molecule has 1 amide bonds.